The van der Waals surface area contributed by atoms with Gasteiger partial charge in [-0.05, 0) is 45.9 Å². The lowest BCUT2D eigenvalue weighted by Crippen LogP contribution is -2.43. The highest BCUT2D eigenvalue weighted by Crippen LogP contribution is 2.24. The standard InChI is InChI=1S/C21H22N6O3/c1-13-7-5-8-14(11-13)17-22-19(30-25-17)15-9-6-10-26-18(15)24-27(20(26)29)12-16(28)23-21(2,3)4/h5-11H,12H2,1-4H3,(H,23,28). The smallest absolute Gasteiger partial charge is 0.350 e. The largest absolute Gasteiger partial charge is 0.350 e. The Balaban J connectivity index is 1.71. The number of amides is 1. The van der Waals surface area contributed by atoms with Gasteiger partial charge in [-0.3, -0.25) is 4.79 Å². The second-order valence-corrected chi connectivity index (χ2v) is 8.15. The first kappa shape index (κ1) is 19.6. The lowest BCUT2D eigenvalue weighted by Gasteiger charge is -2.20. The van der Waals surface area contributed by atoms with E-state index in [-0.39, 0.29) is 18.3 Å². The summed E-state index contributed by atoms with van der Waals surface area (Å²) in [6, 6.07) is 11.2. The number of fused-ring (bicyclic) bond motifs is 1. The molecule has 1 aromatic carbocycles. The Morgan fingerprint density at radius 3 is 2.73 bits per heavy atom. The van der Waals surface area contributed by atoms with Crippen LogP contribution in [0, 0.1) is 6.92 Å². The van der Waals surface area contributed by atoms with Crippen LogP contribution in [0.25, 0.3) is 28.5 Å². The Morgan fingerprint density at radius 2 is 2.00 bits per heavy atom. The second-order valence-electron chi connectivity index (χ2n) is 8.15. The summed E-state index contributed by atoms with van der Waals surface area (Å²) in [5, 5.41) is 11.2. The number of nitrogens with zero attached hydrogens (tertiary/aromatic N) is 5. The topological polar surface area (TPSA) is 107 Å². The number of carbonyl (C=O) groups excluding carboxylic acids is 1. The van der Waals surface area contributed by atoms with Gasteiger partial charge in [0.15, 0.2) is 5.65 Å². The third kappa shape index (κ3) is 3.86. The minimum atomic E-state index is -0.422. The van der Waals surface area contributed by atoms with Gasteiger partial charge in [-0.25, -0.2) is 13.9 Å². The van der Waals surface area contributed by atoms with Gasteiger partial charge in [0.25, 0.3) is 5.89 Å². The van der Waals surface area contributed by atoms with Crippen LogP contribution in [0.15, 0.2) is 51.9 Å². The fourth-order valence-corrected chi connectivity index (χ4v) is 3.14. The Kier molecular flexibility index (Phi) is 4.73. The fraction of sp³-hybridized carbons (Fsp3) is 0.286. The first-order valence-electron chi connectivity index (χ1n) is 9.51. The van der Waals surface area contributed by atoms with Crippen LogP contribution in [0.4, 0.5) is 0 Å². The highest BCUT2D eigenvalue weighted by Gasteiger charge is 2.20. The van der Waals surface area contributed by atoms with Gasteiger partial charge in [-0.15, -0.1) is 5.10 Å². The van der Waals surface area contributed by atoms with Gasteiger partial charge in [0, 0.05) is 17.3 Å². The molecule has 9 nitrogen and oxygen atoms in total. The molecule has 0 aliphatic heterocycles. The molecule has 1 amide bonds. The van der Waals surface area contributed by atoms with Gasteiger partial charge >= 0.3 is 5.69 Å². The Hall–Kier alpha value is -3.75. The summed E-state index contributed by atoms with van der Waals surface area (Å²) in [5.74, 6) is 0.393. The Morgan fingerprint density at radius 1 is 1.20 bits per heavy atom. The van der Waals surface area contributed by atoms with Crippen molar-refractivity contribution in [3.8, 4) is 22.8 Å². The molecule has 0 fully saturated rings. The average molecular weight is 406 g/mol. The molecule has 4 aromatic rings. The van der Waals surface area contributed by atoms with Crippen LogP contribution in [-0.2, 0) is 11.3 Å². The van der Waals surface area contributed by atoms with Crippen molar-refractivity contribution in [1.82, 2.24) is 29.6 Å². The number of carbonyl (C=O) groups is 1. The van der Waals surface area contributed by atoms with E-state index < -0.39 is 11.2 Å². The third-order valence-corrected chi connectivity index (χ3v) is 4.35. The summed E-state index contributed by atoms with van der Waals surface area (Å²) in [5.41, 5.74) is 1.94. The van der Waals surface area contributed by atoms with Crippen molar-refractivity contribution in [2.45, 2.75) is 39.8 Å². The van der Waals surface area contributed by atoms with E-state index in [1.807, 2.05) is 52.0 Å². The predicted molar refractivity (Wildman–Crippen MR) is 111 cm³/mol. The molecule has 3 aromatic heterocycles. The summed E-state index contributed by atoms with van der Waals surface area (Å²) < 4.78 is 7.92. The number of pyridine rings is 1. The van der Waals surface area contributed by atoms with Gasteiger partial charge in [0.05, 0.1) is 5.56 Å². The summed E-state index contributed by atoms with van der Waals surface area (Å²) in [4.78, 5) is 29.4. The van der Waals surface area contributed by atoms with Crippen LogP contribution in [0.2, 0.25) is 0 Å². The second kappa shape index (κ2) is 7.25. The third-order valence-electron chi connectivity index (χ3n) is 4.35. The minimum Gasteiger partial charge on any atom is -0.350 e. The molecular weight excluding hydrogens is 384 g/mol. The molecule has 30 heavy (non-hydrogen) atoms. The number of rotatable bonds is 4. The molecule has 0 saturated carbocycles. The molecule has 0 aliphatic carbocycles. The van der Waals surface area contributed by atoms with Crippen molar-refractivity contribution < 1.29 is 9.32 Å². The summed E-state index contributed by atoms with van der Waals surface area (Å²) in [6.45, 7) is 7.42. The number of nitrogens with one attached hydrogen (secondary N) is 1. The van der Waals surface area contributed by atoms with Crippen molar-refractivity contribution in [2.75, 3.05) is 0 Å². The fourth-order valence-electron chi connectivity index (χ4n) is 3.14. The molecule has 4 rings (SSSR count). The minimum absolute atomic E-state index is 0.185. The van der Waals surface area contributed by atoms with Crippen molar-refractivity contribution in [3.63, 3.8) is 0 Å². The molecule has 0 spiro atoms. The lowest BCUT2D eigenvalue weighted by atomic mass is 10.1. The average Bonchev–Trinajstić information content (AvgIpc) is 3.26. The molecule has 154 valence electrons. The van der Waals surface area contributed by atoms with E-state index in [1.165, 1.54) is 4.40 Å². The zero-order valence-corrected chi connectivity index (χ0v) is 17.2. The normalized spacial score (nSPS) is 11.7. The molecular formula is C21H22N6O3. The van der Waals surface area contributed by atoms with E-state index in [9.17, 15) is 9.59 Å². The molecule has 9 heteroatoms. The highest BCUT2D eigenvalue weighted by atomic mass is 16.5. The Labute approximate surface area is 172 Å². The maximum absolute atomic E-state index is 12.7. The van der Waals surface area contributed by atoms with Gasteiger partial charge in [0.1, 0.15) is 6.54 Å². The van der Waals surface area contributed by atoms with E-state index in [4.69, 9.17) is 4.52 Å². The summed E-state index contributed by atoms with van der Waals surface area (Å²) in [7, 11) is 0. The SMILES string of the molecule is Cc1cccc(-c2noc(-c3cccn4c(=O)n(CC(=O)NC(C)(C)C)nc34)n2)c1. The highest BCUT2D eigenvalue weighted by molar-refractivity contribution is 5.77. The molecule has 3 heterocycles. The van der Waals surface area contributed by atoms with E-state index >= 15 is 0 Å². The zero-order valence-electron chi connectivity index (χ0n) is 17.2. The monoisotopic (exact) mass is 406 g/mol. The van der Waals surface area contributed by atoms with Crippen LogP contribution in [0.1, 0.15) is 26.3 Å². The summed E-state index contributed by atoms with van der Waals surface area (Å²) >= 11 is 0. The van der Waals surface area contributed by atoms with Crippen molar-refractivity contribution in [1.29, 1.82) is 0 Å². The molecule has 0 radical (unpaired) electrons. The van der Waals surface area contributed by atoms with Crippen LogP contribution in [-0.4, -0.2) is 35.8 Å². The van der Waals surface area contributed by atoms with Crippen molar-refractivity contribution >= 4 is 11.6 Å². The van der Waals surface area contributed by atoms with Crippen LogP contribution in [0.5, 0.6) is 0 Å². The maximum Gasteiger partial charge on any atom is 0.350 e. The molecule has 0 bridgehead atoms. The van der Waals surface area contributed by atoms with Crippen molar-refractivity contribution in [3.05, 3.63) is 58.6 Å². The predicted octanol–water partition coefficient (Wildman–Crippen LogP) is 2.44. The number of benzene rings is 1. The molecule has 0 saturated heterocycles. The van der Waals surface area contributed by atoms with E-state index in [0.717, 1.165) is 15.8 Å². The van der Waals surface area contributed by atoms with Crippen molar-refractivity contribution in [2.24, 2.45) is 0 Å². The molecule has 1 N–H and O–H groups in total. The van der Waals surface area contributed by atoms with Gasteiger partial charge in [-0.2, -0.15) is 4.98 Å². The number of aromatic nitrogens is 5. The summed E-state index contributed by atoms with van der Waals surface area (Å²) in [6.07, 6.45) is 1.59. The van der Waals surface area contributed by atoms with Crippen LogP contribution >= 0.6 is 0 Å². The zero-order chi connectivity index (χ0) is 21.5. The van der Waals surface area contributed by atoms with Crippen LogP contribution in [0.3, 0.4) is 0 Å². The van der Waals surface area contributed by atoms with Crippen LogP contribution < -0.4 is 11.0 Å². The lowest BCUT2D eigenvalue weighted by molar-refractivity contribution is -0.123. The van der Waals surface area contributed by atoms with E-state index in [2.05, 4.69) is 20.6 Å². The maximum atomic E-state index is 12.7. The first-order valence-corrected chi connectivity index (χ1v) is 9.51. The number of hydrogen-bond acceptors (Lipinski definition) is 6. The molecule has 0 atom stereocenters. The number of hydrogen-bond donors (Lipinski definition) is 1. The first-order chi connectivity index (χ1) is 14.2. The number of aryl methyl sites for hydroxylation is 1. The van der Waals surface area contributed by atoms with Gasteiger partial charge < -0.3 is 9.84 Å². The molecule has 0 unspecified atom stereocenters. The van der Waals surface area contributed by atoms with Gasteiger partial charge in [0.2, 0.25) is 11.7 Å². The van der Waals surface area contributed by atoms with E-state index in [1.54, 1.807) is 18.3 Å². The molecule has 0 aliphatic rings. The quantitative estimate of drug-likeness (QED) is 0.558. The van der Waals surface area contributed by atoms with Gasteiger partial charge in [-0.1, -0.05) is 28.9 Å². The van der Waals surface area contributed by atoms with E-state index in [0.29, 0.717) is 17.0 Å². The Bertz CT molecular complexity index is 1290.